The molecule has 0 fully saturated rings. The SMILES string of the molecule is COc1cc(COC(=O)c2c(C)oc(-n3cccc3)c2C#N)c([N+](=O)[O-])cc1OC(F)F. The lowest BCUT2D eigenvalue weighted by Gasteiger charge is -2.12. The third-order valence-corrected chi connectivity index (χ3v) is 4.36. The first-order valence-electron chi connectivity index (χ1n) is 8.90. The predicted molar refractivity (Wildman–Crippen MR) is 103 cm³/mol. The summed E-state index contributed by atoms with van der Waals surface area (Å²) in [6.45, 7) is -2.36. The van der Waals surface area contributed by atoms with Crippen LogP contribution in [-0.2, 0) is 11.3 Å². The van der Waals surface area contributed by atoms with Crippen molar-refractivity contribution in [2.24, 2.45) is 0 Å². The topological polar surface area (TPSA) is 130 Å². The zero-order valence-electron chi connectivity index (χ0n) is 16.7. The van der Waals surface area contributed by atoms with Crippen LogP contribution >= 0.6 is 0 Å². The molecule has 0 N–H and O–H groups in total. The Kier molecular flexibility index (Phi) is 6.39. The molecule has 0 spiro atoms. The average molecular weight is 447 g/mol. The number of nitriles is 1. The number of nitro groups is 1. The second-order valence-corrected chi connectivity index (χ2v) is 6.26. The first-order chi connectivity index (χ1) is 15.3. The van der Waals surface area contributed by atoms with Gasteiger partial charge in [-0.3, -0.25) is 14.7 Å². The zero-order chi connectivity index (χ0) is 23.4. The van der Waals surface area contributed by atoms with Gasteiger partial charge in [-0.2, -0.15) is 14.0 Å². The van der Waals surface area contributed by atoms with E-state index >= 15 is 0 Å². The van der Waals surface area contributed by atoms with Gasteiger partial charge < -0.3 is 18.6 Å². The molecular weight excluding hydrogens is 432 g/mol. The summed E-state index contributed by atoms with van der Waals surface area (Å²) in [5.74, 6) is -1.49. The number of nitrogens with zero attached hydrogens (tertiary/aromatic N) is 3. The highest BCUT2D eigenvalue weighted by atomic mass is 19.3. The van der Waals surface area contributed by atoms with Gasteiger partial charge in [0.05, 0.1) is 23.7 Å². The number of carbonyl (C=O) groups excluding carboxylic acids is 1. The van der Waals surface area contributed by atoms with E-state index in [9.17, 15) is 29.0 Å². The van der Waals surface area contributed by atoms with Gasteiger partial charge in [0.15, 0.2) is 11.5 Å². The summed E-state index contributed by atoms with van der Waals surface area (Å²) >= 11 is 0. The molecule has 1 aromatic carbocycles. The number of hydrogen-bond acceptors (Lipinski definition) is 8. The van der Waals surface area contributed by atoms with Gasteiger partial charge in [-0.05, 0) is 25.1 Å². The Morgan fingerprint density at radius 1 is 1.31 bits per heavy atom. The summed E-state index contributed by atoms with van der Waals surface area (Å²) in [7, 11) is 1.16. The highest BCUT2D eigenvalue weighted by molar-refractivity contribution is 5.94. The lowest BCUT2D eigenvalue weighted by molar-refractivity contribution is -0.386. The largest absolute Gasteiger partial charge is 0.493 e. The Morgan fingerprint density at radius 2 is 2.00 bits per heavy atom. The maximum atomic E-state index is 12.7. The minimum Gasteiger partial charge on any atom is -0.493 e. The molecule has 166 valence electrons. The second kappa shape index (κ2) is 9.17. The number of halogens is 2. The Labute approximate surface area is 179 Å². The van der Waals surface area contributed by atoms with Gasteiger partial charge >= 0.3 is 12.6 Å². The van der Waals surface area contributed by atoms with Crippen LogP contribution in [0.5, 0.6) is 11.5 Å². The van der Waals surface area contributed by atoms with Crippen molar-refractivity contribution in [3.8, 4) is 23.5 Å². The van der Waals surface area contributed by atoms with Gasteiger partial charge in [0.2, 0.25) is 5.88 Å². The van der Waals surface area contributed by atoms with E-state index in [-0.39, 0.29) is 34.1 Å². The minimum absolute atomic E-state index is 0.0727. The smallest absolute Gasteiger partial charge is 0.387 e. The molecule has 3 aromatic rings. The first kappa shape index (κ1) is 22.3. The summed E-state index contributed by atoms with van der Waals surface area (Å²) in [6, 6.07) is 7.10. The van der Waals surface area contributed by atoms with Crippen molar-refractivity contribution in [3.05, 3.63) is 69.2 Å². The number of ether oxygens (including phenoxy) is 3. The van der Waals surface area contributed by atoms with Crippen LogP contribution < -0.4 is 9.47 Å². The standard InChI is InChI=1S/C20H15F2N3O7/c1-11-17(13(9-23)18(31-11)24-5-3-4-6-24)19(26)30-10-12-7-15(29-2)16(32-20(21)22)8-14(12)25(27)28/h3-8,20H,10H2,1-2H3. The number of rotatable bonds is 8. The Bertz CT molecular complexity index is 1200. The number of aryl methyl sites for hydroxylation is 1. The molecular formula is C20H15F2N3O7. The van der Waals surface area contributed by atoms with Gasteiger partial charge in [-0.1, -0.05) is 0 Å². The van der Waals surface area contributed by atoms with Crippen LogP contribution in [0.3, 0.4) is 0 Å². The van der Waals surface area contributed by atoms with Crippen LogP contribution in [0.4, 0.5) is 14.5 Å². The minimum atomic E-state index is -3.23. The average Bonchev–Trinajstić information content (AvgIpc) is 3.39. The van der Waals surface area contributed by atoms with Crippen LogP contribution in [-0.4, -0.2) is 29.2 Å². The Morgan fingerprint density at radius 3 is 2.56 bits per heavy atom. The third-order valence-electron chi connectivity index (χ3n) is 4.36. The number of nitro benzene ring substituents is 1. The highest BCUT2D eigenvalue weighted by Crippen LogP contribution is 2.36. The molecule has 0 amide bonds. The monoisotopic (exact) mass is 447 g/mol. The number of esters is 1. The van der Waals surface area contributed by atoms with E-state index in [0.29, 0.717) is 0 Å². The third kappa shape index (κ3) is 4.36. The number of hydrogen-bond donors (Lipinski definition) is 0. The van der Waals surface area contributed by atoms with E-state index in [0.717, 1.165) is 19.2 Å². The Hall–Kier alpha value is -4.40. The van der Waals surface area contributed by atoms with Gasteiger partial charge in [0, 0.05) is 12.4 Å². The number of furan rings is 1. The van der Waals surface area contributed by atoms with E-state index < -0.39 is 35.5 Å². The molecule has 3 rings (SSSR count). The van der Waals surface area contributed by atoms with Crippen molar-refractivity contribution in [1.29, 1.82) is 5.26 Å². The molecule has 0 aliphatic heterocycles. The highest BCUT2D eigenvalue weighted by Gasteiger charge is 2.27. The number of methoxy groups -OCH3 is 1. The van der Waals surface area contributed by atoms with E-state index in [1.165, 1.54) is 11.5 Å². The lowest BCUT2D eigenvalue weighted by Crippen LogP contribution is -2.10. The molecule has 0 aliphatic carbocycles. The number of alkyl halides is 2. The molecule has 0 unspecified atom stereocenters. The van der Waals surface area contributed by atoms with E-state index in [1.807, 2.05) is 6.07 Å². The van der Waals surface area contributed by atoms with Gasteiger partial charge in [-0.25, -0.2) is 4.79 Å². The normalized spacial score (nSPS) is 10.6. The fourth-order valence-corrected chi connectivity index (χ4v) is 2.97. The van der Waals surface area contributed by atoms with Crippen molar-refractivity contribution in [1.82, 2.24) is 4.57 Å². The first-order valence-corrected chi connectivity index (χ1v) is 8.90. The van der Waals surface area contributed by atoms with Crippen LogP contribution in [0.15, 0.2) is 41.1 Å². The summed E-state index contributed by atoms with van der Waals surface area (Å²) in [6.07, 6.45) is 3.24. The number of carbonyl (C=O) groups is 1. The maximum absolute atomic E-state index is 12.7. The van der Waals surface area contributed by atoms with Crippen molar-refractivity contribution >= 4 is 11.7 Å². The summed E-state index contributed by atoms with van der Waals surface area (Å²) in [4.78, 5) is 23.2. The molecule has 0 saturated carbocycles. The molecule has 32 heavy (non-hydrogen) atoms. The molecule has 0 bridgehead atoms. The lowest BCUT2D eigenvalue weighted by atomic mass is 10.1. The summed E-state index contributed by atoms with van der Waals surface area (Å²) in [5, 5.41) is 20.9. The quantitative estimate of drug-likeness (QED) is 0.286. The van der Waals surface area contributed by atoms with Gasteiger partial charge in [0.25, 0.3) is 5.69 Å². The molecule has 10 nitrogen and oxygen atoms in total. The molecule has 2 heterocycles. The van der Waals surface area contributed by atoms with Crippen LogP contribution in [0, 0.1) is 28.4 Å². The van der Waals surface area contributed by atoms with Crippen LogP contribution in [0.25, 0.3) is 5.88 Å². The zero-order valence-corrected chi connectivity index (χ0v) is 16.7. The molecule has 0 aliphatic rings. The molecule has 0 saturated heterocycles. The van der Waals surface area contributed by atoms with Crippen molar-refractivity contribution < 1.29 is 37.1 Å². The number of aromatic nitrogens is 1. The Balaban J connectivity index is 1.91. The van der Waals surface area contributed by atoms with Crippen LogP contribution in [0.1, 0.15) is 27.2 Å². The number of benzene rings is 1. The van der Waals surface area contributed by atoms with Crippen molar-refractivity contribution in [3.63, 3.8) is 0 Å². The van der Waals surface area contributed by atoms with Gasteiger partial charge in [0.1, 0.15) is 29.6 Å². The van der Waals surface area contributed by atoms with Crippen LogP contribution in [0.2, 0.25) is 0 Å². The molecule has 0 radical (unpaired) electrons. The second-order valence-electron chi connectivity index (χ2n) is 6.26. The molecule has 0 atom stereocenters. The molecule has 2 aromatic heterocycles. The van der Waals surface area contributed by atoms with E-state index in [2.05, 4.69) is 4.74 Å². The summed E-state index contributed by atoms with van der Waals surface area (Å²) < 4.78 is 46.5. The summed E-state index contributed by atoms with van der Waals surface area (Å²) in [5.41, 5.74) is -0.959. The van der Waals surface area contributed by atoms with Gasteiger partial charge in [-0.15, -0.1) is 0 Å². The molecule has 12 heteroatoms. The fourth-order valence-electron chi connectivity index (χ4n) is 2.97. The predicted octanol–water partition coefficient (Wildman–Crippen LogP) is 4.13. The van der Waals surface area contributed by atoms with Crippen molar-refractivity contribution in [2.75, 3.05) is 7.11 Å². The maximum Gasteiger partial charge on any atom is 0.387 e. The van der Waals surface area contributed by atoms with E-state index in [1.54, 1.807) is 24.5 Å². The fraction of sp³-hybridized carbons (Fsp3) is 0.200. The van der Waals surface area contributed by atoms with Crippen molar-refractivity contribution in [2.45, 2.75) is 20.1 Å². The van der Waals surface area contributed by atoms with E-state index in [4.69, 9.17) is 13.9 Å².